The van der Waals surface area contributed by atoms with Crippen LogP contribution in [0, 0.1) is 0 Å². The molecule has 0 aromatic heterocycles. The van der Waals surface area contributed by atoms with Crippen LogP contribution in [0.4, 0.5) is 13.2 Å². The second kappa shape index (κ2) is 9.43. The van der Waals surface area contributed by atoms with Gasteiger partial charge in [-0.05, 0) is 23.8 Å². The van der Waals surface area contributed by atoms with Gasteiger partial charge in [-0.25, -0.2) is 8.42 Å². The van der Waals surface area contributed by atoms with Gasteiger partial charge in [-0.2, -0.15) is 17.5 Å². The van der Waals surface area contributed by atoms with E-state index in [-0.39, 0.29) is 13.1 Å². The number of hydrogen-bond donors (Lipinski definition) is 1. The van der Waals surface area contributed by atoms with Crippen molar-refractivity contribution in [3.05, 3.63) is 77.3 Å². The third kappa shape index (κ3) is 5.81. The summed E-state index contributed by atoms with van der Waals surface area (Å²) >= 11 is 6.00. The number of benzene rings is 2. The molecule has 0 spiro atoms. The summed E-state index contributed by atoms with van der Waals surface area (Å²) in [6.45, 7) is 2.44. The summed E-state index contributed by atoms with van der Waals surface area (Å²) in [5.41, 5.74) is -0.686. The molecule has 156 valence electrons. The minimum atomic E-state index is -4.87. The van der Waals surface area contributed by atoms with Crippen LogP contribution in [0.1, 0.15) is 11.1 Å². The largest absolute Gasteiger partial charge is 0.417 e. The predicted octanol–water partition coefficient (Wildman–Crippen LogP) is 3.85. The van der Waals surface area contributed by atoms with Crippen LogP contribution in [-0.2, 0) is 27.5 Å². The van der Waals surface area contributed by atoms with Crippen LogP contribution in [0.3, 0.4) is 0 Å². The van der Waals surface area contributed by atoms with Gasteiger partial charge in [0.15, 0.2) is 0 Å². The number of hydrogen-bond acceptors (Lipinski definition) is 3. The minimum Gasteiger partial charge on any atom is -0.351 e. The first-order chi connectivity index (χ1) is 13.6. The standard InChI is InChI=1S/C19H18ClF3N2O3S/c1-2-11-25(13-18(26)24-12-14-7-3-5-9-16(14)20)29(27,28)17-10-6-4-8-15(17)19(21,22)23/h2-10H,1,11-13H2,(H,24,26). The Morgan fingerprint density at radius 1 is 1.14 bits per heavy atom. The lowest BCUT2D eigenvalue weighted by molar-refractivity contribution is -0.139. The van der Waals surface area contributed by atoms with Crippen LogP contribution in [0.25, 0.3) is 0 Å². The Morgan fingerprint density at radius 2 is 1.76 bits per heavy atom. The molecular formula is C19H18ClF3N2O3S. The molecule has 2 rings (SSSR count). The molecule has 2 aromatic rings. The van der Waals surface area contributed by atoms with E-state index in [1.807, 2.05) is 0 Å². The van der Waals surface area contributed by atoms with Crippen molar-refractivity contribution in [3.8, 4) is 0 Å². The SMILES string of the molecule is C=CCN(CC(=O)NCc1ccccc1Cl)S(=O)(=O)c1ccccc1C(F)(F)F. The molecule has 0 aliphatic heterocycles. The Labute approximate surface area is 171 Å². The molecule has 0 bridgehead atoms. The molecule has 0 heterocycles. The van der Waals surface area contributed by atoms with Crippen LogP contribution < -0.4 is 5.32 Å². The molecule has 29 heavy (non-hydrogen) atoms. The first-order valence-electron chi connectivity index (χ1n) is 8.34. The molecule has 10 heteroatoms. The number of sulfonamides is 1. The third-order valence-corrected chi connectivity index (χ3v) is 6.14. The molecule has 0 saturated carbocycles. The summed E-state index contributed by atoms with van der Waals surface area (Å²) in [6.07, 6.45) is -3.68. The Hall–Kier alpha value is -2.36. The van der Waals surface area contributed by atoms with Gasteiger partial charge >= 0.3 is 6.18 Å². The summed E-state index contributed by atoms with van der Waals surface area (Å²) in [6, 6.07) is 10.6. The van der Waals surface area contributed by atoms with E-state index in [4.69, 9.17) is 11.6 Å². The number of alkyl halides is 3. The highest BCUT2D eigenvalue weighted by molar-refractivity contribution is 7.89. The molecule has 0 unspecified atom stereocenters. The Kier molecular flexibility index (Phi) is 7.45. The number of nitrogens with one attached hydrogen (secondary N) is 1. The fourth-order valence-electron chi connectivity index (χ4n) is 2.51. The van der Waals surface area contributed by atoms with Crippen molar-refractivity contribution in [2.45, 2.75) is 17.6 Å². The molecule has 5 nitrogen and oxygen atoms in total. The van der Waals surface area contributed by atoms with Crippen molar-refractivity contribution >= 4 is 27.5 Å². The number of carbonyl (C=O) groups is 1. The number of nitrogens with zero attached hydrogens (tertiary/aromatic N) is 1. The molecular weight excluding hydrogens is 429 g/mol. The maximum Gasteiger partial charge on any atom is 0.417 e. The number of rotatable bonds is 8. The van der Waals surface area contributed by atoms with Gasteiger partial charge in [0.05, 0.1) is 17.0 Å². The maximum atomic E-state index is 13.2. The smallest absolute Gasteiger partial charge is 0.351 e. The van der Waals surface area contributed by atoms with Crippen molar-refractivity contribution in [1.82, 2.24) is 9.62 Å². The van der Waals surface area contributed by atoms with Crippen molar-refractivity contribution < 1.29 is 26.4 Å². The third-order valence-electron chi connectivity index (χ3n) is 3.90. The molecule has 0 radical (unpaired) electrons. The van der Waals surface area contributed by atoms with Crippen LogP contribution in [0.2, 0.25) is 5.02 Å². The zero-order valence-electron chi connectivity index (χ0n) is 15.1. The van der Waals surface area contributed by atoms with E-state index in [0.717, 1.165) is 12.1 Å². The van der Waals surface area contributed by atoms with Crippen LogP contribution in [0.5, 0.6) is 0 Å². The van der Waals surface area contributed by atoms with E-state index in [1.165, 1.54) is 12.1 Å². The molecule has 0 aliphatic rings. The Bertz CT molecular complexity index is 994. The number of carbonyl (C=O) groups excluding carboxylic acids is 1. The van der Waals surface area contributed by atoms with Gasteiger partial charge in [0.1, 0.15) is 0 Å². The highest BCUT2D eigenvalue weighted by Gasteiger charge is 2.39. The predicted molar refractivity (Wildman–Crippen MR) is 104 cm³/mol. The molecule has 1 amide bonds. The topological polar surface area (TPSA) is 66.5 Å². The molecule has 0 aliphatic carbocycles. The lowest BCUT2D eigenvalue weighted by atomic mass is 10.2. The van der Waals surface area contributed by atoms with E-state index < -0.39 is 39.1 Å². The van der Waals surface area contributed by atoms with E-state index in [2.05, 4.69) is 11.9 Å². The van der Waals surface area contributed by atoms with Crippen LogP contribution >= 0.6 is 11.6 Å². The monoisotopic (exact) mass is 446 g/mol. The van der Waals surface area contributed by atoms with Gasteiger partial charge in [0.2, 0.25) is 15.9 Å². The quantitative estimate of drug-likeness (QED) is 0.626. The lowest BCUT2D eigenvalue weighted by Gasteiger charge is -2.22. The number of amides is 1. The van der Waals surface area contributed by atoms with E-state index >= 15 is 0 Å². The highest BCUT2D eigenvalue weighted by atomic mass is 35.5. The van der Waals surface area contributed by atoms with Gasteiger partial charge in [-0.1, -0.05) is 48.0 Å². The van der Waals surface area contributed by atoms with Gasteiger partial charge in [0, 0.05) is 18.1 Å². The van der Waals surface area contributed by atoms with Crippen LogP contribution in [-0.4, -0.2) is 31.7 Å². The molecule has 0 atom stereocenters. The molecule has 0 fully saturated rings. The summed E-state index contributed by atoms with van der Waals surface area (Å²) in [4.78, 5) is 11.3. The zero-order valence-corrected chi connectivity index (χ0v) is 16.7. The van der Waals surface area contributed by atoms with Crippen molar-refractivity contribution in [2.24, 2.45) is 0 Å². The normalized spacial score (nSPS) is 12.0. The summed E-state index contributed by atoms with van der Waals surface area (Å²) in [5.74, 6) is -0.695. The first kappa shape index (κ1) is 22.9. The maximum absolute atomic E-state index is 13.2. The lowest BCUT2D eigenvalue weighted by Crippen LogP contribution is -2.41. The molecule has 1 N–H and O–H groups in total. The Morgan fingerprint density at radius 3 is 2.38 bits per heavy atom. The second-order valence-electron chi connectivity index (χ2n) is 5.95. The zero-order chi connectivity index (χ0) is 21.7. The van der Waals surface area contributed by atoms with Gasteiger partial charge in [-0.3, -0.25) is 4.79 Å². The fourth-order valence-corrected chi connectivity index (χ4v) is 4.29. The summed E-state index contributed by atoms with van der Waals surface area (Å²) < 4.78 is 66.0. The Balaban J connectivity index is 2.23. The second-order valence-corrected chi connectivity index (χ2v) is 8.26. The molecule has 0 saturated heterocycles. The average Bonchev–Trinajstić information content (AvgIpc) is 2.66. The summed E-state index contributed by atoms with van der Waals surface area (Å²) in [7, 11) is -4.61. The highest BCUT2D eigenvalue weighted by Crippen LogP contribution is 2.35. The fraction of sp³-hybridized carbons (Fsp3) is 0.211. The summed E-state index contributed by atoms with van der Waals surface area (Å²) in [5, 5.41) is 2.93. The average molecular weight is 447 g/mol. The molecule has 2 aromatic carbocycles. The van der Waals surface area contributed by atoms with Crippen LogP contribution in [0.15, 0.2) is 66.1 Å². The minimum absolute atomic E-state index is 0.0413. The van der Waals surface area contributed by atoms with E-state index in [9.17, 15) is 26.4 Å². The van der Waals surface area contributed by atoms with Crippen molar-refractivity contribution in [3.63, 3.8) is 0 Å². The number of halogens is 4. The van der Waals surface area contributed by atoms with Crippen molar-refractivity contribution in [1.29, 1.82) is 0 Å². The van der Waals surface area contributed by atoms with Gasteiger partial charge in [0.25, 0.3) is 0 Å². The van der Waals surface area contributed by atoms with Crippen molar-refractivity contribution in [2.75, 3.05) is 13.1 Å². The van der Waals surface area contributed by atoms with Gasteiger partial charge in [-0.15, -0.1) is 6.58 Å². The van der Waals surface area contributed by atoms with Gasteiger partial charge < -0.3 is 5.32 Å². The van der Waals surface area contributed by atoms with E-state index in [0.29, 0.717) is 21.0 Å². The first-order valence-corrected chi connectivity index (χ1v) is 10.2. The van der Waals surface area contributed by atoms with E-state index in [1.54, 1.807) is 24.3 Å².